The summed E-state index contributed by atoms with van der Waals surface area (Å²) in [5.41, 5.74) is 6.08. The molecule has 1 saturated carbocycles. The number of aromatic amines is 1. The molecule has 0 atom stereocenters. The Hall–Kier alpha value is -0.920. The minimum absolute atomic E-state index is 0.0788. The van der Waals surface area contributed by atoms with E-state index in [1.807, 2.05) is 0 Å². The topological polar surface area (TPSA) is 92.1 Å². The van der Waals surface area contributed by atoms with E-state index in [4.69, 9.17) is 5.73 Å². The van der Waals surface area contributed by atoms with Gasteiger partial charge in [0.05, 0.1) is 6.20 Å². The fourth-order valence-electron chi connectivity index (χ4n) is 2.61. The van der Waals surface area contributed by atoms with Gasteiger partial charge in [-0.05, 0) is 31.6 Å². The highest BCUT2D eigenvalue weighted by Gasteiger charge is 2.32. The Morgan fingerprint density at radius 2 is 2.05 bits per heavy atom. The van der Waals surface area contributed by atoms with Crippen LogP contribution in [-0.2, 0) is 16.6 Å². The first-order valence-corrected chi connectivity index (χ1v) is 8.11. The van der Waals surface area contributed by atoms with E-state index in [1.165, 1.54) is 10.5 Å². The quantitative estimate of drug-likeness (QED) is 0.866. The summed E-state index contributed by atoms with van der Waals surface area (Å²) in [7, 11) is -1.87. The fraction of sp³-hybridized carbons (Fsp3) is 0.750. The Kier molecular flexibility index (Phi) is 4.27. The predicted octanol–water partition coefficient (Wildman–Crippen LogP) is 1.07. The van der Waals surface area contributed by atoms with Crippen LogP contribution in [0.2, 0.25) is 0 Å². The third kappa shape index (κ3) is 2.82. The number of nitrogens with two attached hydrogens (primary N) is 1. The highest BCUT2D eigenvalue weighted by molar-refractivity contribution is 7.89. The minimum atomic E-state index is -3.52. The van der Waals surface area contributed by atoms with E-state index in [1.54, 1.807) is 7.05 Å². The van der Waals surface area contributed by atoms with Gasteiger partial charge in [0, 0.05) is 25.2 Å². The lowest BCUT2D eigenvalue weighted by Crippen LogP contribution is -2.39. The number of hydrogen-bond donors (Lipinski definition) is 2. The Bertz CT molecular complexity index is 518. The van der Waals surface area contributed by atoms with Crippen LogP contribution in [-0.4, -0.2) is 36.0 Å². The smallest absolute Gasteiger partial charge is 0.260 e. The van der Waals surface area contributed by atoms with Crippen molar-refractivity contribution in [2.24, 2.45) is 11.7 Å². The molecule has 1 fully saturated rings. The van der Waals surface area contributed by atoms with Gasteiger partial charge in [0.25, 0.3) is 10.0 Å². The van der Waals surface area contributed by atoms with Crippen LogP contribution in [0.25, 0.3) is 0 Å². The number of sulfonamides is 1. The van der Waals surface area contributed by atoms with Crippen molar-refractivity contribution in [2.75, 3.05) is 7.05 Å². The van der Waals surface area contributed by atoms with Crippen LogP contribution < -0.4 is 5.73 Å². The molecule has 0 saturated heterocycles. The van der Waals surface area contributed by atoms with Gasteiger partial charge in [-0.1, -0.05) is 6.92 Å². The van der Waals surface area contributed by atoms with E-state index >= 15 is 0 Å². The van der Waals surface area contributed by atoms with Crippen molar-refractivity contribution in [2.45, 2.75) is 50.2 Å². The summed E-state index contributed by atoms with van der Waals surface area (Å²) in [6.07, 6.45) is 5.48. The van der Waals surface area contributed by atoms with Crippen molar-refractivity contribution in [3.8, 4) is 0 Å². The highest BCUT2D eigenvalue weighted by atomic mass is 32.2. The van der Waals surface area contributed by atoms with E-state index in [0.717, 1.165) is 25.7 Å². The number of H-pyrrole nitrogens is 1. The summed E-state index contributed by atoms with van der Waals surface area (Å²) in [6, 6.07) is 0.0788. The van der Waals surface area contributed by atoms with Crippen molar-refractivity contribution in [1.29, 1.82) is 0 Å². The first-order valence-electron chi connectivity index (χ1n) is 6.67. The van der Waals surface area contributed by atoms with E-state index in [9.17, 15) is 8.42 Å². The van der Waals surface area contributed by atoms with Gasteiger partial charge in [0.15, 0.2) is 5.03 Å². The normalized spacial score (nSPS) is 24.8. The second-order valence-corrected chi connectivity index (χ2v) is 7.30. The summed E-state index contributed by atoms with van der Waals surface area (Å²) < 4.78 is 26.6. The van der Waals surface area contributed by atoms with Gasteiger partial charge in [-0.15, -0.1) is 0 Å². The van der Waals surface area contributed by atoms with Crippen molar-refractivity contribution in [3.63, 3.8) is 0 Å². The summed E-state index contributed by atoms with van der Waals surface area (Å²) in [5, 5.41) is 6.49. The van der Waals surface area contributed by atoms with Gasteiger partial charge in [0.2, 0.25) is 0 Å². The summed E-state index contributed by atoms with van der Waals surface area (Å²) in [5.74, 6) is 0.694. The third-order valence-corrected chi connectivity index (χ3v) is 5.96. The fourth-order valence-corrected chi connectivity index (χ4v) is 4.14. The predicted molar refractivity (Wildman–Crippen MR) is 72.8 cm³/mol. The maximum atomic E-state index is 12.6. The number of aromatic nitrogens is 2. The van der Waals surface area contributed by atoms with Gasteiger partial charge in [-0.2, -0.15) is 9.40 Å². The Morgan fingerprint density at radius 1 is 1.42 bits per heavy atom. The molecule has 7 heteroatoms. The second kappa shape index (κ2) is 5.60. The maximum absolute atomic E-state index is 12.6. The molecule has 19 heavy (non-hydrogen) atoms. The third-order valence-electron chi connectivity index (χ3n) is 4.03. The van der Waals surface area contributed by atoms with E-state index < -0.39 is 10.0 Å². The molecular weight excluding hydrogens is 264 g/mol. The van der Waals surface area contributed by atoms with Gasteiger partial charge in [-0.25, -0.2) is 8.42 Å². The summed E-state index contributed by atoms with van der Waals surface area (Å²) in [6.45, 7) is 2.38. The van der Waals surface area contributed by atoms with E-state index in [2.05, 4.69) is 17.1 Å². The molecule has 2 rings (SSSR count). The van der Waals surface area contributed by atoms with Crippen LogP contribution in [0.1, 0.15) is 38.2 Å². The molecule has 1 aliphatic carbocycles. The van der Waals surface area contributed by atoms with Crippen LogP contribution in [0.15, 0.2) is 11.2 Å². The average molecular weight is 286 g/mol. The molecule has 3 N–H and O–H groups in total. The van der Waals surface area contributed by atoms with Crippen molar-refractivity contribution < 1.29 is 8.42 Å². The molecule has 108 valence electrons. The molecule has 6 nitrogen and oxygen atoms in total. The molecule has 0 spiro atoms. The van der Waals surface area contributed by atoms with Crippen LogP contribution >= 0.6 is 0 Å². The van der Waals surface area contributed by atoms with Crippen molar-refractivity contribution in [3.05, 3.63) is 11.8 Å². The first-order chi connectivity index (χ1) is 8.96. The number of hydrogen-bond acceptors (Lipinski definition) is 4. The number of nitrogens with one attached hydrogen (secondary N) is 1. The lowest BCUT2D eigenvalue weighted by atomic mass is 9.87. The van der Waals surface area contributed by atoms with Crippen LogP contribution in [0, 0.1) is 5.92 Å². The molecule has 1 aliphatic rings. The van der Waals surface area contributed by atoms with Crippen LogP contribution in [0.5, 0.6) is 0 Å². The zero-order chi connectivity index (χ0) is 14.0. The minimum Gasteiger partial charge on any atom is -0.326 e. The molecule has 1 heterocycles. The van der Waals surface area contributed by atoms with Gasteiger partial charge in [0.1, 0.15) is 0 Å². The van der Waals surface area contributed by atoms with Gasteiger partial charge in [-0.3, -0.25) is 5.10 Å². The zero-order valence-electron chi connectivity index (χ0n) is 11.5. The molecule has 0 radical (unpaired) electrons. The van der Waals surface area contributed by atoms with Crippen LogP contribution in [0.4, 0.5) is 0 Å². The molecule has 0 aromatic carbocycles. The lowest BCUT2D eigenvalue weighted by Gasteiger charge is -2.32. The standard InChI is InChI=1S/C12H22N4O2S/c1-9-3-5-11(6-4-9)16(2)19(17,18)12-10(7-13)8-14-15-12/h8-9,11H,3-7,13H2,1-2H3,(H,14,15). The Labute approximate surface area is 114 Å². The van der Waals surface area contributed by atoms with Crippen LogP contribution in [0.3, 0.4) is 0 Å². The van der Waals surface area contributed by atoms with E-state index in [-0.39, 0.29) is 17.6 Å². The molecular formula is C12H22N4O2S. The monoisotopic (exact) mass is 286 g/mol. The summed E-state index contributed by atoms with van der Waals surface area (Å²) in [4.78, 5) is 0. The Balaban J connectivity index is 2.20. The molecule has 0 amide bonds. The number of nitrogens with zero attached hydrogens (tertiary/aromatic N) is 2. The summed E-state index contributed by atoms with van der Waals surface area (Å²) >= 11 is 0. The van der Waals surface area contributed by atoms with Crippen molar-refractivity contribution in [1.82, 2.24) is 14.5 Å². The largest absolute Gasteiger partial charge is 0.326 e. The maximum Gasteiger partial charge on any atom is 0.260 e. The molecule has 0 unspecified atom stereocenters. The second-order valence-electron chi connectivity index (χ2n) is 5.36. The molecule has 1 aromatic heterocycles. The highest BCUT2D eigenvalue weighted by Crippen LogP contribution is 2.29. The number of rotatable bonds is 4. The lowest BCUT2D eigenvalue weighted by molar-refractivity contribution is 0.245. The first kappa shape index (κ1) is 14.5. The molecule has 1 aromatic rings. The zero-order valence-corrected chi connectivity index (χ0v) is 12.3. The van der Waals surface area contributed by atoms with E-state index in [0.29, 0.717) is 11.5 Å². The molecule has 0 bridgehead atoms. The van der Waals surface area contributed by atoms with Crippen molar-refractivity contribution >= 4 is 10.0 Å². The Morgan fingerprint density at radius 3 is 2.63 bits per heavy atom. The SMILES string of the molecule is CC1CCC(N(C)S(=O)(=O)c2[nH]ncc2CN)CC1. The van der Waals surface area contributed by atoms with Gasteiger partial charge >= 0.3 is 0 Å². The molecule has 0 aliphatic heterocycles. The average Bonchev–Trinajstić information content (AvgIpc) is 2.87. The van der Waals surface area contributed by atoms with Gasteiger partial charge < -0.3 is 5.73 Å².